The van der Waals surface area contributed by atoms with Crippen LogP contribution in [-0.2, 0) is 9.53 Å². The van der Waals surface area contributed by atoms with E-state index in [1.54, 1.807) is 12.3 Å². The Bertz CT molecular complexity index is 798. The number of benzene rings is 1. The summed E-state index contributed by atoms with van der Waals surface area (Å²) in [5.41, 5.74) is 1.85. The third-order valence-corrected chi connectivity index (χ3v) is 4.35. The summed E-state index contributed by atoms with van der Waals surface area (Å²) in [6.07, 6.45) is 5.43. The molecule has 1 saturated heterocycles. The molecule has 2 aromatic rings. The molecular formula is C17H16BrN3O2. The average molecular weight is 374 g/mol. The van der Waals surface area contributed by atoms with Crippen LogP contribution in [-0.4, -0.2) is 30.1 Å². The summed E-state index contributed by atoms with van der Waals surface area (Å²) in [7, 11) is 0. The van der Waals surface area contributed by atoms with Crippen LogP contribution in [0, 0.1) is 11.3 Å². The van der Waals surface area contributed by atoms with Crippen LogP contribution >= 0.6 is 15.9 Å². The zero-order valence-corrected chi connectivity index (χ0v) is 14.0. The Morgan fingerprint density at radius 1 is 1.57 bits per heavy atom. The van der Waals surface area contributed by atoms with Crippen LogP contribution < -0.4 is 5.32 Å². The maximum atomic E-state index is 12.2. The standard InChI is InChI=1S/C17H16BrN3O2/c18-13-3-4-16-15(7-13)12(9-20-16)6-11(8-19)17(22)21-10-14-2-1-5-23-14/h3-4,6-7,9,14,20H,1-2,5,10H2,(H,21,22)/b11-6+/t14-/m1/s1. The molecule has 0 bridgehead atoms. The van der Waals surface area contributed by atoms with Crippen LogP contribution in [0.4, 0.5) is 0 Å². The van der Waals surface area contributed by atoms with E-state index in [0.29, 0.717) is 6.54 Å². The molecule has 2 N–H and O–H groups in total. The average Bonchev–Trinajstić information content (AvgIpc) is 3.20. The first-order chi connectivity index (χ1) is 11.2. The summed E-state index contributed by atoms with van der Waals surface area (Å²) >= 11 is 3.43. The number of hydrogen-bond acceptors (Lipinski definition) is 3. The molecule has 5 nitrogen and oxygen atoms in total. The third kappa shape index (κ3) is 3.63. The monoisotopic (exact) mass is 373 g/mol. The Balaban J connectivity index is 1.78. The Kier molecular flexibility index (Phi) is 4.79. The summed E-state index contributed by atoms with van der Waals surface area (Å²) in [6.45, 7) is 1.18. The smallest absolute Gasteiger partial charge is 0.262 e. The number of aromatic nitrogens is 1. The van der Waals surface area contributed by atoms with Crippen molar-refractivity contribution < 1.29 is 9.53 Å². The summed E-state index contributed by atoms with van der Waals surface area (Å²) in [5.74, 6) is -0.368. The highest BCUT2D eigenvalue weighted by Gasteiger charge is 2.17. The van der Waals surface area contributed by atoms with E-state index in [0.717, 1.165) is 40.4 Å². The molecule has 1 fully saturated rings. The molecule has 1 atom stereocenters. The highest BCUT2D eigenvalue weighted by atomic mass is 79.9. The minimum atomic E-state index is -0.368. The van der Waals surface area contributed by atoms with Gasteiger partial charge in [-0.2, -0.15) is 5.26 Å². The molecule has 0 saturated carbocycles. The van der Waals surface area contributed by atoms with Crippen LogP contribution in [0.15, 0.2) is 34.4 Å². The van der Waals surface area contributed by atoms with Gasteiger partial charge in [-0.15, -0.1) is 0 Å². The van der Waals surface area contributed by atoms with Crippen LogP contribution in [0.3, 0.4) is 0 Å². The number of nitrogens with one attached hydrogen (secondary N) is 2. The lowest BCUT2D eigenvalue weighted by Gasteiger charge is -2.10. The second kappa shape index (κ2) is 6.99. The predicted octanol–water partition coefficient (Wildman–Crippen LogP) is 3.13. The molecule has 6 heteroatoms. The Morgan fingerprint density at radius 3 is 3.17 bits per heavy atom. The van der Waals surface area contributed by atoms with Crippen molar-refractivity contribution in [3.05, 3.63) is 40.0 Å². The number of ether oxygens (including phenoxy) is 1. The van der Waals surface area contributed by atoms with E-state index in [4.69, 9.17) is 4.74 Å². The minimum Gasteiger partial charge on any atom is -0.376 e. The molecule has 23 heavy (non-hydrogen) atoms. The van der Waals surface area contributed by atoms with Gasteiger partial charge in [0.1, 0.15) is 11.6 Å². The Hall–Kier alpha value is -2.10. The van der Waals surface area contributed by atoms with E-state index in [-0.39, 0.29) is 17.6 Å². The van der Waals surface area contributed by atoms with Crippen LogP contribution in [0.2, 0.25) is 0 Å². The summed E-state index contributed by atoms with van der Waals surface area (Å²) in [6, 6.07) is 7.81. The van der Waals surface area contributed by atoms with E-state index in [1.807, 2.05) is 24.3 Å². The van der Waals surface area contributed by atoms with Gasteiger partial charge >= 0.3 is 0 Å². The number of amides is 1. The van der Waals surface area contributed by atoms with Crippen molar-refractivity contribution in [3.63, 3.8) is 0 Å². The quantitative estimate of drug-likeness (QED) is 0.638. The lowest BCUT2D eigenvalue weighted by atomic mass is 10.1. The molecule has 0 unspecified atom stereocenters. The zero-order chi connectivity index (χ0) is 16.2. The molecule has 2 heterocycles. The molecule has 0 spiro atoms. The number of nitrogens with zero attached hydrogens (tertiary/aromatic N) is 1. The van der Waals surface area contributed by atoms with Gasteiger partial charge < -0.3 is 15.0 Å². The van der Waals surface area contributed by atoms with Gasteiger partial charge in [-0.1, -0.05) is 15.9 Å². The topological polar surface area (TPSA) is 77.9 Å². The maximum absolute atomic E-state index is 12.2. The van der Waals surface area contributed by atoms with Gasteiger partial charge in [0, 0.05) is 40.3 Å². The maximum Gasteiger partial charge on any atom is 0.262 e. The van der Waals surface area contributed by atoms with E-state index >= 15 is 0 Å². The van der Waals surface area contributed by atoms with Gasteiger partial charge in [0.25, 0.3) is 5.91 Å². The molecule has 0 aliphatic carbocycles. The molecule has 1 aromatic carbocycles. The lowest BCUT2D eigenvalue weighted by Crippen LogP contribution is -2.32. The van der Waals surface area contributed by atoms with Gasteiger partial charge in [-0.25, -0.2) is 0 Å². The number of hydrogen-bond donors (Lipinski definition) is 2. The minimum absolute atomic E-state index is 0.0583. The lowest BCUT2D eigenvalue weighted by molar-refractivity contribution is -0.117. The summed E-state index contributed by atoms with van der Waals surface area (Å²) in [4.78, 5) is 15.3. The number of nitriles is 1. The van der Waals surface area contributed by atoms with E-state index in [9.17, 15) is 10.1 Å². The number of fused-ring (bicyclic) bond motifs is 1. The fourth-order valence-corrected chi connectivity index (χ4v) is 3.01. The predicted molar refractivity (Wildman–Crippen MR) is 91.6 cm³/mol. The first kappa shape index (κ1) is 15.8. The summed E-state index contributed by atoms with van der Waals surface area (Å²) < 4.78 is 6.41. The molecule has 3 rings (SSSR count). The van der Waals surface area contributed by atoms with Crippen molar-refractivity contribution in [3.8, 4) is 6.07 Å². The molecule has 0 radical (unpaired) electrons. The van der Waals surface area contributed by atoms with Crippen LogP contribution in [0.1, 0.15) is 18.4 Å². The molecular weight excluding hydrogens is 358 g/mol. The number of rotatable bonds is 4. The fraction of sp³-hybridized carbons (Fsp3) is 0.294. The second-order valence-electron chi connectivity index (χ2n) is 5.45. The van der Waals surface area contributed by atoms with Gasteiger partial charge in [-0.3, -0.25) is 4.79 Å². The highest BCUT2D eigenvalue weighted by molar-refractivity contribution is 9.10. The summed E-state index contributed by atoms with van der Waals surface area (Å²) in [5, 5.41) is 13.0. The van der Waals surface area contributed by atoms with Crippen molar-refractivity contribution in [2.75, 3.05) is 13.2 Å². The van der Waals surface area contributed by atoms with Crippen molar-refractivity contribution in [1.29, 1.82) is 5.26 Å². The normalized spacial score (nSPS) is 18.1. The van der Waals surface area contributed by atoms with Gasteiger partial charge in [0.15, 0.2) is 0 Å². The Morgan fingerprint density at radius 2 is 2.43 bits per heavy atom. The molecule has 118 valence electrons. The van der Waals surface area contributed by atoms with Gasteiger partial charge in [-0.05, 0) is 37.1 Å². The first-order valence-electron chi connectivity index (χ1n) is 7.45. The molecule has 1 aliphatic rings. The van der Waals surface area contributed by atoms with Crippen molar-refractivity contribution in [1.82, 2.24) is 10.3 Å². The molecule has 1 aliphatic heterocycles. The number of aromatic amines is 1. The first-order valence-corrected chi connectivity index (χ1v) is 8.25. The van der Waals surface area contributed by atoms with E-state index in [2.05, 4.69) is 26.2 Å². The molecule has 1 amide bonds. The molecule has 1 aromatic heterocycles. The largest absolute Gasteiger partial charge is 0.376 e. The second-order valence-corrected chi connectivity index (χ2v) is 6.36. The van der Waals surface area contributed by atoms with Crippen molar-refractivity contribution >= 4 is 38.8 Å². The zero-order valence-electron chi connectivity index (χ0n) is 12.4. The van der Waals surface area contributed by atoms with Crippen molar-refractivity contribution in [2.24, 2.45) is 0 Å². The number of halogens is 1. The number of carbonyl (C=O) groups excluding carboxylic acids is 1. The third-order valence-electron chi connectivity index (χ3n) is 3.85. The SMILES string of the molecule is N#C/C(=C\c1c[nH]c2ccc(Br)cc12)C(=O)NC[C@H]1CCCO1. The number of carbonyl (C=O) groups is 1. The van der Waals surface area contributed by atoms with E-state index < -0.39 is 0 Å². The van der Waals surface area contributed by atoms with Gasteiger partial charge in [0.2, 0.25) is 0 Å². The van der Waals surface area contributed by atoms with Crippen LogP contribution in [0.25, 0.3) is 17.0 Å². The van der Waals surface area contributed by atoms with Crippen LogP contribution in [0.5, 0.6) is 0 Å². The van der Waals surface area contributed by atoms with E-state index in [1.165, 1.54) is 0 Å². The fourth-order valence-electron chi connectivity index (χ4n) is 2.65. The Labute approximate surface area is 142 Å². The van der Waals surface area contributed by atoms with Gasteiger partial charge in [0.05, 0.1) is 6.10 Å². The highest BCUT2D eigenvalue weighted by Crippen LogP contribution is 2.24. The number of H-pyrrole nitrogens is 1. The van der Waals surface area contributed by atoms with Crippen molar-refractivity contribution in [2.45, 2.75) is 18.9 Å².